The molecule has 3 rings (SSSR count). The van der Waals surface area contributed by atoms with Gasteiger partial charge in [-0.3, -0.25) is 19.3 Å². The van der Waals surface area contributed by atoms with Crippen LogP contribution in [0.3, 0.4) is 0 Å². The zero-order valence-corrected chi connectivity index (χ0v) is 11.2. The maximum Gasteiger partial charge on any atom is 0.242 e. The monoisotopic (exact) mass is 265 g/mol. The van der Waals surface area contributed by atoms with Gasteiger partial charge in [0.05, 0.1) is 0 Å². The van der Waals surface area contributed by atoms with Gasteiger partial charge in [-0.25, -0.2) is 0 Å². The first-order chi connectivity index (χ1) is 9.04. The molecule has 19 heavy (non-hydrogen) atoms. The molecule has 6 heteroatoms. The number of carbonyl (C=O) groups is 3. The molecule has 0 aromatic heterocycles. The number of hydrogen-bond donors (Lipinski definition) is 0. The van der Waals surface area contributed by atoms with Crippen molar-refractivity contribution in [3.05, 3.63) is 0 Å². The van der Waals surface area contributed by atoms with E-state index in [1.165, 1.54) is 0 Å². The maximum atomic E-state index is 12.2. The molecule has 0 aliphatic carbocycles. The third-order valence-electron chi connectivity index (χ3n) is 4.47. The maximum absolute atomic E-state index is 12.2. The Morgan fingerprint density at radius 2 is 1.58 bits per heavy atom. The van der Waals surface area contributed by atoms with E-state index in [0.717, 1.165) is 31.1 Å². The summed E-state index contributed by atoms with van der Waals surface area (Å²) in [5, 5.41) is 0. The van der Waals surface area contributed by atoms with Gasteiger partial charge < -0.3 is 9.80 Å². The normalized spacial score (nSPS) is 31.4. The number of amides is 3. The molecule has 0 radical (unpaired) electrons. The van der Waals surface area contributed by atoms with Crippen LogP contribution in [0.5, 0.6) is 0 Å². The van der Waals surface area contributed by atoms with Crippen LogP contribution in [-0.2, 0) is 14.4 Å². The van der Waals surface area contributed by atoms with Crippen molar-refractivity contribution in [1.29, 1.82) is 0 Å². The van der Waals surface area contributed by atoms with Gasteiger partial charge in [-0.15, -0.1) is 0 Å². The molecule has 3 fully saturated rings. The second-order valence-electron chi connectivity index (χ2n) is 5.91. The van der Waals surface area contributed by atoms with Crippen molar-refractivity contribution in [2.24, 2.45) is 11.8 Å². The van der Waals surface area contributed by atoms with E-state index in [4.69, 9.17) is 0 Å². The standard InChI is InChI=1S/C13H19N3O3/c1-14-4-9-6-15(7-10(9)5-14)13(19)8-16-11(17)2-3-12(16)18/h9-10H,2-8H2,1H3. The lowest BCUT2D eigenvalue weighted by Gasteiger charge is -2.22. The van der Waals surface area contributed by atoms with Crippen molar-refractivity contribution in [1.82, 2.24) is 14.7 Å². The highest BCUT2D eigenvalue weighted by Gasteiger charge is 2.41. The zero-order valence-electron chi connectivity index (χ0n) is 11.2. The van der Waals surface area contributed by atoms with Crippen LogP contribution >= 0.6 is 0 Å². The molecule has 0 aromatic carbocycles. The van der Waals surface area contributed by atoms with E-state index in [0.29, 0.717) is 11.8 Å². The predicted octanol–water partition coefficient (Wildman–Crippen LogP) is -0.845. The summed E-state index contributed by atoms with van der Waals surface area (Å²) < 4.78 is 0. The lowest BCUT2D eigenvalue weighted by Crippen LogP contribution is -2.42. The van der Waals surface area contributed by atoms with Gasteiger partial charge in [0.2, 0.25) is 17.7 Å². The summed E-state index contributed by atoms with van der Waals surface area (Å²) in [7, 11) is 2.10. The van der Waals surface area contributed by atoms with Gasteiger partial charge in [0, 0.05) is 39.0 Å². The molecule has 0 aromatic rings. The Kier molecular flexibility index (Phi) is 3.05. The molecule has 3 amide bonds. The fraction of sp³-hybridized carbons (Fsp3) is 0.769. The first-order valence-electron chi connectivity index (χ1n) is 6.84. The average molecular weight is 265 g/mol. The second-order valence-corrected chi connectivity index (χ2v) is 5.91. The molecule has 0 bridgehead atoms. The molecule has 2 atom stereocenters. The first kappa shape index (κ1) is 12.6. The van der Waals surface area contributed by atoms with Crippen molar-refractivity contribution < 1.29 is 14.4 Å². The van der Waals surface area contributed by atoms with Gasteiger partial charge in [0.15, 0.2) is 0 Å². The summed E-state index contributed by atoms with van der Waals surface area (Å²) in [4.78, 5) is 40.4. The van der Waals surface area contributed by atoms with Gasteiger partial charge in [0.1, 0.15) is 6.54 Å². The van der Waals surface area contributed by atoms with Crippen molar-refractivity contribution in [2.45, 2.75) is 12.8 Å². The van der Waals surface area contributed by atoms with E-state index in [1.807, 2.05) is 4.90 Å². The van der Waals surface area contributed by atoms with Crippen molar-refractivity contribution in [3.8, 4) is 0 Å². The summed E-state index contributed by atoms with van der Waals surface area (Å²) in [6.45, 7) is 3.55. The van der Waals surface area contributed by atoms with E-state index in [2.05, 4.69) is 11.9 Å². The van der Waals surface area contributed by atoms with E-state index in [1.54, 1.807) is 0 Å². The van der Waals surface area contributed by atoms with E-state index >= 15 is 0 Å². The van der Waals surface area contributed by atoms with Crippen LogP contribution in [0.1, 0.15) is 12.8 Å². The quantitative estimate of drug-likeness (QED) is 0.611. The van der Waals surface area contributed by atoms with Crippen molar-refractivity contribution in [2.75, 3.05) is 39.8 Å². The van der Waals surface area contributed by atoms with Gasteiger partial charge >= 0.3 is 0 Å². The molecular formula is C13H19N3O3. The van der Waals surface area contributed by atoms with Crippen LogP contribution in [0, 0.1) is 11.8 Å². The number of likely N-dealkylation sites (tertiary alicyclic amines) is 3. The molecule has 0 N–H and O–H groups in total. The Labute approximate surface area is 112 Å². The molecule has 2 unspecified atom stereocenters. The van der Waals surface area contributed by atoms with Gasteiger partial charge in [-0.05, 0) is 18.9 Å². The van der Waals surface area contributed by atoms with Crippen LogP contribution in [0.15, 0.2) is 0 Å². The summed E-state index contributed by atoms with van der Waals surface area (Å²) in [6.07, 6.45) is 0.504. The zero-order chi connectivity index (χ0) is 13.6. The number of carbonyl (C=O) groups excluding carboxylic acids is 3. The van der Waals surface area contributed by atoms with Gasteiger partial charge in [-0.2, -0.15) is 0 Å². The predicted molar refractivity (Wildman–Crippen MR) is 67.0 cm³/mol. The number of rotatable bonds is 2. The summed E-state index contributed by atoms with van der Waals surface area (Å²) in [6, 6.07) is 0. The molecule has 104 valence electrons. The van der Waals surface area contributed by atoms with Crippen LogP contribution in [0.2, 0.25) is 0 Å². The van der Waals surface area contributed by atoms with Crippen molar-refractivity contribution >= 4 is 17.7 Å². The van der Waals surface area contributed by atoms with Gasteiger partial charge in [-0.1, -0.05) is 0 Å². The topological polar surface area (TPSA) is 60.9 Å². The second kappa shape index (κ2) is 4.59. The van der Waals surface area contributed by atoms with E-state index in [-0.39, 0.29) is 37.1 Å². The van der Waals surface area contributed by atoms with Crippen LogP contribution in [-0.4, -0.2) is 72.2 Å². The van der Waals surface area contributed by atoms with E-state index < -0.39 is 0 Å². The third-order valence-corrected chi connectivity index (χ3v) is 4.47. The Morgan fingerprint density at radius 3 is 2.11 bits per heavy atom. The average Bonchev–Trinajstić information content (AvgIpc) is 2.96. The number of nitrogens with zero attached hydrogens (tertiary/aromatic N) is 3. The Balaban J connectivity index is 1.58. The fourth-order valence-electron chi connectivity index (χ4n) is 3.47. The number of imide groups is 1. The minimum atomic E-state index is -0.211. The summed E-state index contributed by atoms with van der Waals surface area (Å²) in [5.74, 6) is 0.605. The van der Waals surface area contributed by atoms with Crippen LogP contribution in [0.4, 0.5) is 0 Å². The molecule has 3 aliphatic heterocycles. The Bertz CT molecular complexity index is 407. The largest absolute Gasteiger partial charge is 0.340 e. The molecule has 3 heterocycles. The van der Waals surface area contributed by atoms with Crippen LogP contribution in [0.25, 0.3) is 0 Å². The molecule has 6 nitrogen and oxygen atoms in total. The highest BCUT2D eigenvalue weighted by atomic mass is 16.2. The summed E-state index contributed by atoms with van der Waals surface area (Å²) >= 11 is 0. The minimum Gasteiger partial charge on any atom is -0.340 e. The van der Waals surface area contributed by atoms with Gasteiger partial charge in [0.25, 0.3) is 0 Å². The molecule has 3 aliphatic rings. The summed E-state index contributed by atoms with van der Waals surface area (Å²) in [5.41, 5.74) is 0. The van der Waals surface area contributed by atoms with E-state index in [9.17, 15) is 14.4 Å². The number of fused-ring (bicyclic) bond motifs is 1. The lowest BCUT2D eigenvalue weighted by atomic mass is 10.0. The Morgan fingerprint density at radius 1 is 1.05 bits per heavy atom. The minimum absolute atomic E-state index is 0.0626. The molecule has 0 spiro atoms. The first-order valence-corrected chi connectivity index (χ1v) is 6.84. The Hall–Kier alpha value is -1.43. The highest BCUT2D eigenvalue weighted by Crippen LogP contribution is 2.30. The fourth-order valence-corrected chi connectivity index (χ4v) is 3.47. The SMILES string of the molecule is CN1CC2CN(C(=O)CN3C(=O)CCC3=O)CC2C1. The molecular weight excluding hydrogens is 246 g/mol. The van der Waals surface area contributed by atoms with Crippen molar-refractivity contribution in [3.63, 3.8) is 0 Å². The molecule has 0 saturated carbocycles. The highest BCUT2D eigenvalue weighted by molar-refractivity contribution is 6.04. The van der Waals surface area contributed by atoms with Crippen LogP contribution < -0.4 is 0 Å². The molecule has 3 saturated heterocycles. The number of hydrogen-bond acceptors (Lipinski definition) is 4. The third kappa shape index (κ3) is 2.25. The lowest BCUT2D eigenvalue weighted by molar-refractivity contribution is -0.145. The smallest absolute Gasteiger partial charge is 0.242 e.